The summed E-state index contributed by atoms with van der Waals surface area (Å²) in [4.78, 5) is 22.2. The molecule has 0 bridgehead atoms. The van der Waals surface area contributed by atoms with Crippen LogP contribution in [-0.2, 0) is 4.79 Å². The van der Waals surface area contributed by atoms with Crippen molar-refractivity contribution in [3.05, 3.63) is 24.3 Å². The van der Waals surface area contributed by atoms with E-state index in [4.69, 9.17) is 14.9 Å². The Bertz CT molecular complexity index is 671. The number of methoxy groups -OCH3 is 1. The molecule has 0 aliphatic heterocycles. The molecule has 0 fully saturated rings. The first-order valence-corrected chi connectivity index (χ1v) is 7.12. The molecular formula is C13H14N4O4S. The summed E-state index contributed by atoms with van der Waals surface area (Å²) in [6.45, 7) is 1.60. The van der Waals surface area contributed by atoms with Crippen LogP contribution in [0.2, 0.25) is 0 Å². The van der Waals surface area contributed by atoms with Crippen LogP contribution in [0.3, 0.4) is 0 Å². The molecule has 0 spiro atoms. The summed E-state index contributed by atoms with van der Waals surface area (Å²) in [6, 6.07) is 6.21. The average Bonchev–Trinajstić information content (AvgIpc) is 2.95. The zero-order valence-corrected chi connectivity index (χ0v) is 12.7. The van der Waals surface area contributed by atoms with E-state index in [0.29, 0.717) is 5.89 Å². The highest BCUT2D eigenvalue weighted by atomic mass is 32.2. The van der Waals surface area contributed by atoms with Crippen LogP contribution in [0.25, 0.3) is 11.5 Å². The summed E-state index contributed by atoms with van der Waals surface area (Å²) in [5.74, 6) is 0.518. The van der Waals surface area contributed by atoms with Crippen molar-refractivity contribution < 1.29 is 18.7 Å². The molecule has 3 amide bonds. The number of hydrogen-bond acceptors (Lipinski definition) is 7. The van der Waals surface area contributed by atoms with E-state index in [-0.39, 0.29) is 5.22 Å². The molecule has 2 rings (SSSR count). The molecule has 116 valence electrons. The number of amides is 3. The number of rotatable bonds is 5. The molecule has 3 N–H and O–H groups in total. The quantitative estimate of drug-likeness (QED) is 0.798. The van der Waals surface area contributed by atoms with Crippen molar-refractivity contribution in [1.82, 2.24) is 15.5 Å². The van der Waals surface area contributed by atoms with Crippen LogP contribution in [0.15, 0.2) is 33.9 Å². The first-order valence-electron chi connectivity index (χ1n) is 6.24. The lowest BCUT2D eigenvalue weighted by Gasteiger charge is -2.06. The molecule has 1 heterocycles. The van der Waals surface area contributed by atoms with Gasteiger partial charge in [-0.2, -0.15) is 0 Å². The van der Waals surface area contributed by atoms with Gasteiger partial charge < -0.3 is 14.9 Å². The third-order valence-corrected chi connectivity index (χ3v) is 3.57. The monoisotopic (exact) mass is 322 g/mol. The Labute approximate surface area is 130 Å². The van der Waals surface area contributed by atoms with Crippen molar-refractivity contribution in [2.75, 3.05) is 7.11 Å². The molecule has 9 heteroatoms. The number of primary amides is 1. The lowest BCUT2D eigenvalue weighted by molar-refractivity contribution is -0.119. The summed E-state index contributed by atoms with van der Waals surface area (Å²) in [5, 5.41) is 9.38. The van der Waals surface area contributed by atoms with Gasteiger partial charge in [-0.05, 0) is 31.2 Å². The van der Waals surface area contributed by atoms with Crippen molar-refractivity contribution in [2.45, 2.75) is 17.4 Å². The highest BCUT2D eigenvalue weighted by Crippen LogP contribution is 2.27. The van der Waals surface area contributed by atoms with Gasteiger partial charge in [-0.25, -0.2) is 4.79 Å². The molecule has 1 aromatic carbocycles. The van der Waals surface area contributed by atoms with E-state index < -0.39 is 17.2 Å². The fourth-order valence-electron chi connectivity index (χ4n) is 1.54. The predicted molar refractivity (Wildman–Crippen MR) is 79.3 cm³/mol. The van der Waals surface area contributed by atoms with Crippen LogP contribution < -0.4 is 15.8 Å². The lowest BCUT2D eigenvalue weighted by atomic mass is 10.2. The standard InChI is InChI=1S/C13H14N4O4S/c1-7(10(18)15-12(14)19)22-13-17-16-11(21-13)8-3-5-9(20-2)6-4-8/h3-7H,1-2H3,(H3,14,15,18,19). The maximum atomic E-state index is 11.6. The van der Waals surface area contributed by atoms with Crippen LogP contribution >= 0.6 is 11.8 Å². The number of urea groups is 1. The van der Waals surface area contributed by atoms with E-state index in [0.717, 1.165) is 23.1 Å². The molecule has 0 saturated carbocycles. The van der Waals surface area contributed by atoms with Gasteiger partial charge in [-0.3, -0.25) is 10.1 Å². The minimum atomic E-state index is -0.901. The van der Waals surface area contributed by atoms with Crippen molar-refractivity contribution >= 4 is 23.7 Å². The van der Waals surface area contributed by atoms with E-state index in [2.05, 4.69) is 10.2 Å². The summed E-state index contributed by atoms with van der Waals surface area (Å²) in [5.41, 5.74) is 5.62. The molecule has 1 aromatic heterocycles. The highest BCUT2D eigenvalue weighted by molar-refractivity contribution is 8.00. The Hall–Kier alpha value is -2.55. The van der Waals surface area contributed by atoms with Gasteiger partial charge in [0.25, 0.3) is 5.22 Å². The number of benzene rings is 1. The second-order valence-corrected chi connectivity index (χ2v) is 5.51. The number of ether oxygens (including phenoxy) is 1. The fraction of sp³-hybridized carbons (Fsp3) is 0.231. The van der Waals surface area contributed by atoms with Gasteiger partial charge in [0.15, 0.2) is 0 Å². The van der Waals surface area contributed by atoms with Crippen LogP contribution in [0, 0.1) is 0 Å². The normalized spacial score (nSPS) is 11.7. The number of thioether (sulfide) groups is 1. The fourth-order valence-corrected chi connectivity index (χ4v) is 2.22. The van der Waals surface area contributed by atoms with E-state index >= 15 is 0 Å². The summed E-state index contributed by atoms with van der Waals surface area (Å²) < 4.78 is 10.5. The van der Waals surface area contributed by atoms with E-state index in [9.17, 15) is 9.59 Å². The SMILES string of the molecule is COc1ccc(-c2nnc(SC(C)C(=O)NC(N)=O)o2)cc1. The molecular weight excluding hydrogens is 308 g/mol. The maximum absolute atomic E-state index is 11.6. The van der Waals surface area contributed by atoms with Crippen molar-refractivity contribution in [3.8, 4) is 17.2 Å². The summed E-state index contributed by atoms with van der Waals surface area (Å²) in [6.07, 6.45) is 0. The third kappa shape index (κ3) is 3.98. The van der Waals surface area contributed by atoms with Gasteiger partial charge in [0.2, 0.25) is 11.8 Å². The van der Waals surface area contributed by atoms with E-state index in [1.165, 1.54) is 0 Å². The smallest absolute Gasteiger partial charge is 0.318 e. The van der Waals surface area contributed by atoms with Crippen molar-refractivity contribution in [1.29, 1.82) is 0 Å². The molecule has 0 aliphatic carbocycles. The van der Waals surface area contributed by atoms with Gasteiger partial charge in [-0.15, -0.1) is 10.2 Å². The topological polar surface area (TPSA) is 120 Å². The molecule has 0 radical (unpaired) electrons. The minimum Gasteiger partial charge on any atom is -0.497 e. The van der Waals surface area contributed by atoms with Gasteiger partial charge in [0, 0.05) is 5.56 Å². The second-order valence-electron chi connectivity index (χ2n) is 4.22. The number of hydrogen-bond donors (Lipinski definition) is 2. The summed E-state index contributed by atoms with van der Waals surface area (Å²) in [7, 11) is 1.58. The molecule has 1 atom stereocenters. The number of nitrogens with two attached hydrogens (primary N) is 1. The number of carbonyl (C=O) groups excluding carboxylic acids is 2. The summed E-state index contributed by atoms with van der Waals surface area (Å²) >= 11 is 1.03. The van der Waals surface area contributed by atoms with E-state index in [1.807, 2.05) is 5.32 Å². The predicted octanol–water partition coefficient (Wildman–Crippen LogP) is 1.42. The Balaban J connectivity index is 2.04. The molecule has 0 saturated heterocycles. The van der Waals surface area contributed by atoms with Gasteiger partial charge in [0.1, 0.15) is 5.75 Å². The maximum Gasteiger partial charge on any atom is 0.318 e. The van der Waals surface area contributed by atoms with E-state index in [1.54, 1.807) is 38.3 Å². The van der Waals surface area contributed by atoms with Crippen molar-refractivity contribution in [3.63, 3.8) is 0 Å². The Morgan fingerprint density at radius 2 is 2.00 bits per heavy atom. The molecule has 1 unspecified atom stereocenters. The van der Waals surface area contributed by atoms with Gasteiger partial charge in [-0.1, -0.05) is 11.8 Å². The molecule has 2 aromatic rings. The zero-order valence-electron chi connectivity index (χ0n) is 11.9. The van der Waals surface area contributed by atoms with Gasteiger partial charge in [0.05, 0.1) is 12.4 Å². The lowest BCUT2D eigenvalue weighted by Crippen LogP contribution is -2.39. The first-order chi connectivity index (χ1) is 10.5. The van der Waals surface area contributed by atoms with Crippen LogP contribution in [0.4, 0.5) is 4.79 Å². The number of aromatic nitrogens is 2. The second kappa shape index (κ2) is 6.94. The minimum absolute atomic E-state index is 0.220. The molecule has 22 heavy (non-hydrogen) atoms. The van der Waals surface area contributed by atoms with Gasteiger partial charge >= 0.3 is 6.03 Å². The number of nitrogens with one attached hydrogen (secondary N) is 1. The molecule has 8 nitrogen and oxygen atoms in total. The number of carbonyl (C=O) groups is 2. The Morgan fingerprint density at radius 1 is 1.32 bits per heavy atom. The van der Waals surface area contributed by atoms with Crippen LogP contribution in [0.5, 0.6) is 5.75 Å². The largest absolute Gasteiger partial charge is 0.497 e. The average molecular weight is 322 g/mol. The Kier molecular flexibility index (Phi) is 4.99. The highest BCUT2D eigenvalue weighted by Gasteiger charge is 2.19. The van der Waals surface area contributed by atoms with Crippen LogP contribution in [-0.4, -0.2) is 34.5 Å². The van der Waals surface area contributed by atoms with Crippen molar-refractivity contribution in [2.24, 2.45) is 5.73 Å². The Morgan fingerprint density at radius 3 is 2.59 bits per heavy atom. The third-order valence-electron chi connectivity index (χ3n) is 2.64. The zero-order chi connectivity index (χ0) is 16.1. The van der Waals surface area contributed by atoms with Crippen LogP contribution in [0.1, 0.15) is 6.92 Å². The number of nitrogens with zero attached hydrogens (tertiary/aromatic N) is 2. The first kappa shape index (κ1) is 15.8. The molecule has 0 aliphatic rings. The number of imide groups is 1.